The van der Waals surface area contributed by atoms with E-state index in [1.54, 1.807) is 0 Å². The number of hydrogen-bond acceptors (Lipinski definition) is 2. The van der Waals surface area contributed by atoms with Crippen LogP contribution in [0.1, 0.15) is 24.5 Å². The van der Waals surface area contributed by atoms with Crippen LogP contribution < -0.4 is 0 Å². The molecule has 1 unspecified atom stereocenters. The lowest BCUT2D eigenvalue weighted by atomic mass is 10.0. The summed E-state index contributed by atoms with van der Waals surface area (Å²) in [5.74, 6) is 0.0539. The predicted molar refractivity (Wildman–Crippen MR) is 61.4 cm³/mol. The molecular weight excluding hydrogens is 256 g/mol. The zero-order chi connectivity index (χ0) is 10.8. The van der Waals surface area contributed by atoms with E-state index in [4.69, 9.17) is 0 Å². The van der Waals surface area contributed by atoms with Gasteiger partial charge in [0.2, 0.25) is 0 Å². The van der Waals surface area contributed by atoms with Crippen molar-refractivity contribution in [1.82, 2.24) is 0 Å². The average Bonchev–Trinajstić information content (AvgIpc) is 2.64. The Kier molecular flexibility index (Phi) is 3.03. The maximum absolute atomic E-state index is 11.5. The van der Waals surface area contributed by atoms with Crippen LogP contribution in [0.3, 0.4) is 0 Å². The SMILES string of the molecule is O=C1CCC=C1C(O)c1ccccc1Br. The van der Waals surface area contributed by atoms with Gasteiger partial charge in [-0.25, -0.2) is 0 Å². The quantitative estimate of drug-likeness (QED) is 0.894. The number of allylic oxidation sites excluding steroid dienone is 1. The van der Waals surface area contributed by atoms with E-state index in [-0.39, 0.29) is 5.78 Å². The van der Waals surface area contributed by atoms with Crippen molar-refractivity contribution in [1.29, 1.82) is 0 Å². The Balaban J connectivity index is 2.32. The van der Waals surface area contributed by atoms with Crippen LogP contribution in [-0.2, 0) is 4.79 Å². The molecule has 1 aliphatic rings. The standard InChI is InChI=1S/C12H11BrO2/c13-10-6-2-1-4-8(10)12(15)9-5-3-7-11(9)14/h1-2,4-6,12,15H,3,7H2. The van der Waals surface area contributed by atoms with Gasteiger partial charge in [-0.1, -0.05) is 40.2 Å². The minimum atomic E-state index is -0.796. The minimum absolute atomic E-state index is 0.0539. The van der Waals surface area contributed by atoms with Gasteiger partial charge >= 0.3 is 0 Å². The Bertz CT molecular complexity index is 423. The molecule has 0 aliphatic heterocycles. The van der Waals surface area contributed by atoms with Crippen molar-refractivity contribution in [3.8, 4) is 0 Å². The zero-order valence-corrected chi connectivity index (χ0v) is 9.70. The molecule has 0 amide bonds. The summed E-state index contributed by atoms with van der Waals surface area (Å²) in [5, 5.41) is 10.1. The highest BCUT2D eigenvalue weighted by atomic mass is 79.9. The average molecular weight is 267 g/mol. The fraction of sp³-hybridized carbons (Fsp3) is 0.250. The normalized spacial score (nSPS) is 17.7. The number of benzene rings is 1. The van der Waals surface area contributed by atoms with Crippen LogP contribution in [0.2, 0.25) is 0 Å². The lowest BCUT2D eigenvalue weighted by molar-refractivity contribution is -0.115. The zero-order valence-electron chi connectivity index (χ0n) is 8.11. The van der Waals surface area contributed by atoms with E-state index in [1.807, 2.05) is 30.3 Å². The molecule has 15 heavy (non-hydrogen) atoms. The van der Waals surface area contributed by atoms with Gasteiger partial charge in [0.05, 0.1) is 0 Å². The van der Waals surface area contributed by atoms with E-state index >= 15 is 0 Å². The fourth-order valence-electron chi connectivity index (χ4n) is 1.75. The van der Waals surface area contributed by atoms with Crippen molar-refractivity contribution in [2.75, 3.05) is 0 Å². The first-order valence-electron chi connectivity index (χ1n) is 4.86. The first-order valence-corrected chi connectivity index (χ1v) is 5.65. The van der Waals surface area contributed by atoms with E-state index in [1.165, 1.54) is 0 Å². The van der Waals surface area contributed by atoms with Crippen LogP contribution in [0, 0.1) is 0 Å². The molecule has 0 fully saturated rings. The van der Waals surface area contributed by atoms with Gasteiger partial charge < -0.3 is 5.11 Å². The molecule has 0 spiro atoms. The first kappa shape index (κ1) is 10.6. The van der Waals surface area contributed by atoms with Crippen LogP contribution in [0.4, 0.5) is 0 Å². The molecule has 1 aromatic rings. The molecule has 0 saturated carbocycles. The summed E-state index contributed by atoms with van der Waals surface area (Å²) in [6.07, 6.45) is 2.30. The number of carbonyl (C=O) groups is 1. The van der Waals surface area contributed by atoms with Crippen molar-refractivity contribution in [2.45, 2.75) is 18.9 Å². The number of ketones is 1. The molecule has 0 aromatic heterocycles. The van der Waals surface area contributed by atoms with E-state index in [2.05, 4.69) is 15.9 Å². The molecule has 0 saturated heterocycles. The highest BCUT2D eigenvalue weighted by molar-refractivity contribution is 9.10. The Hall–Kier alpha value is -0.930. The van der Waals surface area contributed by atoms with Crippen LogP contribution in [0.15, 0.2) is 40.4 Å². The third kappa shape index (κ3) is 2.03. The van der Waals surface area contributed by atoms with Gasteiger partial charge in [0.25, 0.3) is 0 Å². The molecule has 2 rings (SSSR count). The summed E-state index contributed by atoms with van der Waals surface area (Å²) >= 11 is 3.37. The van der Waals surface area contributed by atoms with Crippen molar-refractivity contribution in [3.63, 3.8) is 0 Å². The van der Waals surface area contributed by atoms with Crippen LogP contribution >= 0.6 is 15.9 Å². The molecular formula is C12H11BrO2. The summed E-state index contributed by atoms with van der Waals surface area (Å²) < 4.78 is 0.832. The third-order valence-electron chi connectivity index (χ3n) is 2.55. The second-order valence-electron chi connectivity index (χ2n) is 3.55. The van der Waals surface area contributed by atoms with Crippen LogP contribution in [0.25, 0.3) is 0 Å². The molecule has 78 valence electrons. The van der Waals surface area contributed by atoms with Gasteiger partial charge in [-0.15, -0.1) is 0 Å². The number of aliphatic hydroxyl groups is 1. The van der Waals surface area contributed by atoms with Gasteiger partial charge in [-0.2, -0.15) is 0 Å². The molecule has 0 radical (unpaired) electrons. The second-order valence-corrected chi connectivity index (χ2v) is 4.40. The smallest absolute Gasteiger partial charge is 0.161 e. The Labute approximate surface area is 96.7 Å². The van der Waals surface area contributed by atoms with Gasteiger partial charge in [-0.05, 0) is 18.1 Å². The number of rotatable bonds is 2. The van der Waals surface area contributed by atoms with E-state index in [0.717, 1.165) is 16.5 Å². The van der Waals surface area contributed by atoms with Crippen molar-refractivity contribution < 1.29 is 9.90 Å². The highest BCUT2D eigenvalue weighted by Gasteiger charge is 2.24. The number of aliphatic hydroxyl groups excluding tert-OH is 1. The topological polar surface area (TPSA) is 37.3 Å². The van der Waals surface area contributed by atoms with Crippen molar-refractivity contribution >= 4 is 21.7 Å². The molecule has 1 aromatic carbocycles. The summed E-state index contributed by atoms with van der Waals surface area (Å²) in [6.45, 7) is 0. The van der Waals surface area contributed by atoms with E-state index in [9.17, 15) is 9.90 Å². The van der Waals surface area contributed by atoms with Gasteiger partial charge in [-0.3, -0.25) is 4.79 Å². The maximum Gasteiger partial charge on any atom is 0.161 e. The Morgan fingerprint density at radius 1 is 1.33 bits per heavy atom. The predicted octanol–water partition coefficient (Wildman–Crippen LogP) is 2.77. The third-order valence-corrected chi connectivity index (χ3v) is 3.27. The fourth-order valence-corrected chi connectivity index (χ4v) is 2.25. The van der Waals surface area contributed by atoms with Crippen LogP contribution in [0.5, 0.6) is 0 Å². The monoisotopic (exact) mass is 266 g/mol. The molecule has 2 nitrogen and oxygen atoms in total. The molecule has 0 heterocycles. The van der Waals surface area contributed by atoms with Gasteiger partial charge in [0, 0.05) is 16.5 Å². The molecule has 1 N–H and O–H groups in total. The van der Waals surface area contributed by atoms with Crippen LogP contribution in [-0.4, -0.2) is 10.9 Å². The van der Waals surface area contributed by atoms with Gasteiger partial charge in [0.1, 0.15) is 6.10 Å². The number of Topliss-reactive ketones (excluding diaryl/α,β-unsaturated/α-hetero) is 1. The Morgan fingerprint density at radius 3 is 2.67 bits per heavy atom. The largest absolute Gasteiger partial charge is 0.383 e. The Morgan fingerprint density at radius 2 is 2.07 bits per heavy atom. The number of carbonyl (C=O) groups excluding carboxylic acids is 1. The van der Waals surface area contributed by atoms with E-state index in [0.29, 0.717) is 12.0 Å². The van der Waals surface area contributed by atoms with E-state index < -0.39 is 6.10 Å². The molecule has 3 heteroatoms. The number of halogens is 1. The first-order chi connectivity index (χ1) is 7.20. The highest BCUT2D eigenvalue weighted by Crippen LogP contribution is 2.32. The second kappa shape index (κ2) is 4.29. The lowest BCUT2D eigenvalue weighted by Crippen LogP contribution is -2.07. The van der Waals surface area contributed by atoms with Gasteiger partial charge in [0.15, 0.2) is 5.78 Å². The molecule has 0 bridgehead atoms. The molecule has 1 aliphatic carbocycles. The maximum atomic E-state index is 11.5. The van der Waals surface area contributed by atoms with Crippen molar-refractivity contribution in [2.24, 2.45) is 0 Å². The van der Waals surface area contributed by atoms with Crippen molar-refractivity contribution in [3.05, 3.63) is 46.0 Å². The minimum Gasteiger partial charge on any atom is -0.383 e. The summed E-state index contributed by atoms with van der Waals surface area (Å²) in [5.41, 5.74) is 1.28. The molecule has 1 atom stereocenters. The summed E-state index contributed by atoms with van der Waals surface area (Å²) in [6, 6.07) is 7.41. The summed E-state index contributed by atoms with van der Waals surface area (Å²) in [4.78, 5) is 11.5. The number of hydrogen-bond donors (Lipinski definition) is 1. The lowest BCUT2D eigenvalue weighted by Gasteiger charge is -2.12. The summed E-state index contributed by atoms with van der Waals surface area (Å²) in [7, 11) is 0.